The molecule has 6 nitrogen and oxygen atoms in total. The minimum absolute atomic E-state index is 0.0989. The maximum absolute atomic E-state index is 12.8. The van der Waals surface area contributed by atoms with Crippen molar-refractivity contribution < 1.29 is 28.6 Å². The molecule has 0 fully saturated rings. The smallest absolute Gasteiger partial charge is 0.306 e. The van der Waals surface area contributed by atoms with Crippen LogP contribution in [0.5, 0.6) is 0 Å². The highest BCUT2D eigenvalue weighted by Crippen LogP contribution is 2.14. The Labute approximate surface area is 413 Å². The van der Waals surface area contributed by atoms with Gasteiger partial charge in [0.05, 0.1) is 0 Å². The molecule has 0 aliphatic heterocycles. The third-order valence-corrected chi connectivity index (χ3v) is 11.5. The van der Waals surface area contributed by atoms with Gasteiger partial charge in [0, 0.05) is 19.3 Å². The molecule has 0 aliphatic carbocycles. The lowest BCUT2D eigenvalue weighted by atomic mass is 10.1. The van der Waals surface area contributed by atoms with E-state index >= 15 is 0 Å². The van der Waals surface area contributed by atoms with Gasteiger partial charge in [-0.3, -0.25) is 14.4 Å². The van der Waals surface area contributed by atoms with Gasteiger partial charge in [0.25, 0.3) is 0 Å². The summed E-state index contributed by atoms with van der Waals surface area (Å²) in [7, 11) is 0. The summed E-state index contributed by atoms with van der Waals surface area (Å²) in [6.07, 6.45) is 72.5. The summed E-state index contributed by atoms with van der Waals surface area (Å²) in [5, 5.41) is 0. The summed E-state index contributed by atoms with van der Waals surface area (Å²) in [5.41, 5.74) is 0. The van der Waals surface area contributed by atoms with Crippen LogP contribution in [0.25, 0.3) is 0 Å². The first-order chi connectivity index (χ1) is 33.0. The third-order valence-electron chi connectivity index (χ3n) is 11.5. The predicted octanol–water partition coefficient (Wildman–Crippen LogP) is 18.5. The highest BCUT2D eigenvalue weighted by Gasteiger charge is 2.19. The van der Waals surface area contributed by atoms with E-state index in [1.165, 1.54) is 103 Å². The Hall–Kier alpha value is -3.67. The van der Waals surface area contributed by atoms with Crippen molar-refractivity contribution in [1.29, 1.82) is 0 Å². The van der Waals surface area contributed by atoms with Crippen molar-refractivity contribution in [2.24, 2.45) is 0 Å². The molecule has 6 heteroatoms. The number of carbonyl (C=O) groups is 3. The molecule has 0 rings (SSSR count). The van der Waals surface area contributed by atoms with Crippen LogP contribution >= 0.6 is 0 Å². The molecule has 0 saturated heterocycles. The molecule has 0 aromatic carbocycles. The molecule has 0 heterocycles. The largest absolute Gasteiger partial charge is 0.462 e. The van der Waals surface area contributed by atoms with Gasteiger partial charge < -0.3 is 14.2 Å². The Morgan fingerprint density at radius 3 is 0.940 bits per heavy atom. The predicted molar refractivity (Wildman–Crippen MR) is 288 cm³/mol. The normalized spacial score (nSPS) is 12.8. The summed E-state index contributed by atoms with van der Waals surface area (Å²) >= 11 is 0. The second-order valence-electron chi connectivity index (χ2n) is 18.1. The first-order valence-corrected chi connectivity index (χ1v) is 27.7. The van der Waals surface area contributed by atoms with Crippen LogP contribution in [-0.4, -0.2) is 37.2 Å². The maximum atomic E-state index is 12.8. The van der Waals surface area contributed by atoms with E-state index in [4.69, 9.17) is 14.2 Å². The van der Waals surface area contributed by atoms with Crippen molar-refractivity contribution in [1.82, 2.24) is 0 Å². The molecule has 0 spiro atoms. The van der Waals surface area contributed by atoms with Crippen LogP contribution in [0.1, 0.15) is 252 Å². The molecular formula is C61H102O6. The fourth-order valence-corrected chi connectivity index (χ4v) is 7.37. The molecular weight excluding hydrogens is 829 g/mol. The number of unbranched alkanes of at least 4 members (excludes halogenated alkanes) is 22. The molecule has 0 aromatic rings. The average molecular weight is 931 g/mol. The molecule has 0 N–H and O–H groups in total. The van der Waals surface area contributed by atoms with Crippen LogP contribution in [0.15, 0.2) is 97.2 Å². The van der Waals surface area contributed by atoms with Crippen LogP contribution in [-0.2, 0) is 28.6 Å². The Balaban J connectivity index is 4.48. The van der Waals surface area contributed by atoms with Crippen molar-refractivity contribution >= 4 is 17.9 Å². The molecule has 1 atom stereocenters. The number of carbonyl (C=O) groups excluding carboxylic acids is 3. The molecule has 67 heavy (non-hydrogen) atoms. The van der Waals surface area contributed by atoms with Gasteiger partial charge in [-0.15, -0.1) is 0 Å². The number of hydrogen-bond acceptors (Lipinski definition) is 6. The highest BCUT2D eigenvalue weighted by molar-refractivity contribution is 5.71. The lowest BCUT2D eigenvalue weighted by Crippen LogP contribution is -2.30. The van der Waals surface area contributed by atoms with E-state index in [-0.39, 0.29) is 31.1 Å². The number of allylic oxidation sites excluding steroid dienone is 16. The summed E-state index contributed by atoms with van der Waals surface area (Å²) in [6, 6.07) is 0. The van der Waals surface area contributed by atoms with Crippen molar-refractivity contribution in [3.63, 3.8) is 0 Å². The zero-order valence-electron chi connectivity index (χ0n) is 43.6. The van der Waals surface area contributed by atoms with Gasteiger partial charge in [0.1, 0.15) is 13.2 Å². The number of esters is 3. The van der Waals surface area contributed by atoms with E-state index in [9.17, 15) is 14.4 Å². The lowest BCUT2D eigenvalue weighted by molar-refractivity contribution is -0.167. The summed E-state index contributed by atoms with van der Waals surface area (Å²) in [6.45, 7) is 6.43. The summed E-state index contributed by atoms with van der Waals surface area (Å²) < 4.78 is 16.8. The van der Waals surface area contributed by atoms with Crippen LogP contribution < -0.4 is 0 Å². The van der Waals surface area contributed by atoms with Crippen LogP contribution in [0.3, 0.4) is 0 Å². The van der Waals surface area contributed by atoms with Gasteiger partial charge in [-0.1, -0.05) is 208 Å². The van der Waals surface area contributed by atoms with Gasteiger partial charge in [0.15, 0.2) is 6.10 Å². The van der Waals surface area contributed by atoms with E-state index in [1.807, 2.05) is 0 Å². The quantitative estimate of drug-likeness (QED) is 0.0262. The van der Waals surface area contributed by atoms with Gasteiger partial charge in [-0.2, -0.15) is 0 Å². The van der Waals surface area contributed by atoms with E-state index in [0.717, 1.165) is 109 Å². The standard InChI is InChI=1S/C61H102O6/c1-4-7-10-13-16-19-22-25-28-30-33-36-39-42-45-48-51-54-60(63)66-57-58(56-65-59(62)53-50-47-44-41-38-35-32-27-24-21-18-15-12-9-6-3)67-61(64)55-52-49-46-43-40-37-34-31-29-26-23-20-17-14-11-8-5-2/h9,12,16-21,25-29,32,38,41,58H,4-8,10-11,13-15,22-24,30-31,33-37,39-40,42-57H2,1-3H3/b12-9-,19-16-,20-17-,21-18-,28-25-,29-26-,32-27-,41-38-/t58-/m1/s1. The molecule has 0 bridgehead atoms. The Bertz CT molecular complexity index is 1350. The number of rotatable bonds is 49. The average Bonchev–Trinajstić information content (AvgIpc) is 3.33. The second kappa shape index (κ2) is 54.9. The first kappa shape index (κ1) is 63.3. The number of hydrogen-bond donors (Lipinski definition) is 0. The second-order valence-corrected chi connectivity index (χ2v) is 18.1. The van der Waals surface area contributed by atoms with E-state index < -0.39 is 6.10 Å². The third kappa shape index (κ3) is 53.2. The van der Waals surface area contributed by atoms with Crippen molar-refractivity contribution in [3.05, 3.63) is 97.2 Å². The topological polar surface area (TPSA) is 78.9 Å². The molecule has 0 aliphatic rings. The van der Waals surface area contributed by atoms with Gasteiger partial charge in [0.2, 0.25) is 0 Å². The molecule has 0 amide bonds. The minimum Gasteiger partial charge on any atom is -0.462 e. The molecule has 0 radical (unpaired) electrons. The van der Waals surface area contributed by atoms with E-state index in [2.05, 4.69) is 118 Å². The van der Waals surface area contributed by atoms with Gasteiger partial charge in [-0.05, 0) is 122 Å². The van der Waals surface area contributed by atoms with Crippen molar-refractivity contribution in [2.75, 3.05) is 13.2 Å². The molecule has 0 unspecified atom stereocenters. The summed E-state index contributed by atoms with van der Waals surface area (Å²) in [4.78, 5) is 38.1. The minimum atomic E-state index is -0.803. The lowest BCUT2D eigenvalue weighted by Gasteiger charge is -2.18. The fourth-order valence-electron chi connectivity index (χ4n) is 7.37. The monoisotopic (exact) mass is 931 g/mol. The van der Waals surface area contributed by atoms with Crippen LogP contribution in [0.4, 0.5) is 0 Å². The molecule has 0 saturated carbocycles. The Morgan fingerprint density at radius 2 is 0.582 bits per heavy atom. The SMILES string of the molecule is CC/C=C\C/C=C\C/C=C\C/C=C\CCCCC(=O)OC[C@H](COC(=O)CCCCCCCCC/C=C\C/C=C\CCCCC)OC(=O)CCCCCCCCC/C=C\C/C=C\CCCCC. The Morgan fingerprint density at radius 1 is 0.313 bits per heavy atom. The summed E-state index contributed by atoms with van der Waals surface area (Å²) in [5.74, 6) is -0.956. The van der Waals surface area contributed by atoms with Crippen LogP contribution in [0.2, 0.25) is 0 Å². The number of ether oxygens (including phenoxy) is 3. The maximum Gasteiger partial charge on any atom is 0.306 e. The zero-order valence-corrected chi connectivity index (χ0v) is 43.6. The van der Waals surface area contributed by atoms with E-state index in [1.54, 1.807) is 0 Å². The molecule has 382 valence electrons. The van der Waals surface area contributed by atoms with E-state index in [0.29, 0.717) is 19.3 Å². The zero-order chi connectivity index (χ0) is 48.6. The van der Waals surface area contributed by atoms with Crippen molar-refractivity contribution in [3.8, 4) is 0 Å². The van der Waals surface area contributed by atoms with Gasteiger partial charge >= 0.3 is 17.9 Å². The Kier molecular flexibility index (Phi) is 51.9. The molecule has 0 aromatic heterocycles. The highest BCUT2D eigenvalue weighted by atomic mass is 16.6. The van der Waals surface area contributed by atoms with Crippen molar-refractivity contribution in [2.45, 2.75) is 258 Å². The van der Waals surface area contributed by atoms with Crippen LogP contribution in [0, 0.1) is 0 Å². The van der Waals surface area contributed by atoms with Gasteiger partial charge in [-0.25, -0.2) is 0 Å². The fraction of sp³-hybridized carbons (Fsp3) is 0.689. The first-order valence-electron chi connectivity index (χ1n) is 27.7.